The summed E-state index contributed by atoms with van der Waals surface area (Å²) in [6.07, 6.45) is -2.73. The molecule has 3 N–H and O–H groups in total. The van der Waals surface area contributed by atoms with E-state index in [1.165, 1.54) is 36.9 Å². The van der Waals surface area contributed by atoms with Gasteiger partial charge in [0.15, 0.2) is 5.69 Å². The van der Waals surface area contributed by atoms with Gasteiger partial charge in [0, 0.05) is 27.2 Å². The maximum atomic E-state index is 13.3. The Balaban J connectivity index is 1.70. The lowest BCUT2D eigenvalue weighted by atomic mass is 9.77. The van der Waals surface area contributed by atoms with E-state index in [9.17, 15) is 37.5 Å². The van der Waals surface area contributed by atoms with Crippen molar-refractivity contribution in [3.05, 3.63) is 57.3 Å². The normalized spacial score (nSPS) is 20.5. The van der Waals surface area contributed by atoms with E-state index in [0.717, 1.165) is 11.0 Å². The first-order chi connectivity index (χ1) is 17.3. The number of hydrogen-bond acceptors (Lipinski definition) is 6. The molecule has 3 heterocycles. The summed E-state index contributed by atoms with van der Waals surface area (Å²) in [5, 5.41) is 15.5. The minimum Gasteiger partial charge on any atom is -0.501 e. The Morgan fingerprint density at radius 1 is 1.19 bits per heavy atom. The number of rotatable bonds is 4. The summed E-state index contributed by atoms with van der Waals surface area (Å²) in [7, 11) is 2.83. The van der Waals surface area contributed by atoms with Crippen molar-refractivity contribution in [2.45, 2.75) is 50.5 Å². The van der Waals surface area contributed by atoms with Crippen molar-refractivity contribution in [3.8, 4) is 5.75 Å². The molecule has 0 atom stereocenters. The van der Waals surface area contributed by atoms with Gasteiger partial charge in [-0.25, -0.2) is 4.98 Å². The standard InChI is InChI=1S/C24H26F3N5O5/c1-31(2)21(37)19(35)30-23-9-7-13(8-10-23)12-32-20(36)17(33)16(29-22(23)32)18(34)28-11-14-5-3-4-6-15(14)24(25,26)27/h3-6,13,33H,7-12H2,1-2H3,(H,28,34)(H,30,35). The number of hydrogen-bond donors (Lipinski definition) is 3. The molecule has 1 saturated carbocycles. The minimum atomic E-state index is -4.64. The van der Waals surface area contributed by atoms with Crippen LogP contribution in [-0.2, 0) is 34.4 Å². The van der Waals surface area contributed by atoms with Gasteiger partial charge in [-0.15, -0.1) is 0 Å². The van der Waals surface area contributed by atoms with E-state index in [-0.39, 0.29) is 23.9 Å². The van der Waals surface area contributed by atoms with Crippen LogP contribution in [0, 0.1) is 5.92 Å². The van der Waals surface area contributed by atoms with Gasteiger partial charge in [-0.3, -0.25) is 23.7 Å². The Bertz CT molecular complexity index is 1310. The van der Waals surface area contributed by atoms with Crippen LogP contribution in [0.2, 0.25) is 0 Å². The van der Waals surface area contributed by atoms with Gasteiger partial charge in [-0.2, -0.15) is 13.2 Å². The smallest absolute Gasteiger partial charge is 0.416 e. The molecule has 37 heavy (non-hydrogen) atoms. The highest BCUT2D eigenvalue weighted by molar-refractivity contribution is 6.35. The molecular formula is C24H26F3N5O5. The van der Waals surface area contributed by atoms with Crippen molar-refractivity contribution in [2.75, 3.05) is 14.1 Å². The molecule has 3 aliphatic rings. The molecule has 2 aliphatic heterocycles. The van der Waals surface area contributed by atoms with Gasteiger partial charge in [0.2, 0.25) is 5.75 Å². The number of benzene rings is 1. The highest BCUT2D eigenvalue weighted by Gasteiger charge is 2.46. The van der Waals surface area contributed by atoms with Crippen LogP contribution < -0.4 is 16.2 Å². The van der Waals surface area contributed by atoms with E-state index >= 15 is 0 Å². The van der Waals surface area contributed by atoms with Crippen LogP contribution in [0.5, 0.6) is 5.75 Å². The van der Waals surface area contributed by atoms with Gasteiger partial charge in [0.25, 0.3) is 11.5 Å². The number of nitrogens with zero attached hydrogens (tertiary/aromatic N) is 3. The van der Waals surface area contributed by atoms with Crippen LogP contribution >= 0.6 is 0 Å². The van der Waals surface area contributed by atoms with Gasteiger partial charge in [0.05, 0.1) is 11.1 Å². The molecule has 1 aromatic heterocycles. The zero-order valence-corrected chi connectivity index (χ0v) is 20.2. The van der Waals surface area contributed by atoms with Crippen LogP contribution in [0.15, 0.2) is 29.1 Å². The second-order valence-corrected chi connectivity index (χ2v) is 9.57. The van der Waals surface area contributed by atoms with Gasteiger partial charge >= 0.3 is 18.0 Å². The third-order valence-corrected chi connectivity index (χ3v) is 6.90. The summed E-state index contributed by atoms with van der Waals surface area (Å²) >= 11 is 0. The fourth-order valence-corrected chi connectivity index (χ4v) is 4.94. The number of carbonyl (C=O) groups excluding carboxylic acids is 3. The molecule has 0 saturated heterocycles. The molecule has 0 unspecified atom stereocenters. The van der Waals surface area contributed by atoms with Gasteiger partial charge in [-0.1, -0.05) is 18.2 Å². The quantitative estimate of drug-likeness (QED) is 0.523. The second kappa shape index (κ2) is 9.52. The number of alkyl halides is 3. The van der Waals surface area contributed by atoms with Crippen molar-refractivity contribution in [1.82, 2.24) is 25.1 Å². The fraction of sp³-hybridized carbons (Fsp3) is 0.458. The highest BCUT2D eigenvalue weighted by atomic mass is 19.4. The molecule has 13 heteroatoms. The zero-order valence-electron chi connectivity index (χ0n) is 20.2. The van der Waals surface area contributed by atoms with E-state index in [2.05, 4.69) is 15.6 Å². The Hall–Kier alpha value is -3.90. The lowest BCUT2D eigenvalue weighted by molar-refractivity contribution is -0.145. The SMILES string of the molecule is CN(C)C(=O)C(=O)NC12CCC(CC1)Cn1c2nc(C(=O)NCc2ccccc2C(F)(F)F)c(O)c1=O. The molecule has 10 nitrogen and oxygen atoms in total. The summed E-state index contributed by atoms with van der Waals surface area (Å²) in [6.45, 7) is -0.329. The second-order valence-electron chi connectivity index (χ2n) is 9.57. The Labute approximate surface area is 209 Å². The Morgan fingerprint density at radius 3 is 2.46 bits per heavy atom. The number of aromatic hydroxyl groups is 1. The summed E-state index contributed by atoms with van der Waals surface area (Å²) in [4.78, 5) is 56.3. The molecular weight excluding hydrogens is 495 g/mol. The van der Waals surface area contributed by atoms with Crippen LogP contribution in [0.1, 0.15) is 53.1 Å². The molecule has 2 aromatic rings. The largest absolute Gasteiger partial charge is 0.501 e. The maximum absolute atomic E-state index is 13.3. The molecule has 2 bridgehead atoms. The maximum Gasteiger partial charge on any atom is 0.416 e. The fourth-order valence-electron chi connectivity index (χ4n) is 4.94. The van der Waals surface area contributed by atoms with Crippen LogP contribution in [0.3, 0.4) is 0 Å². The van der Waals surface area contributed by atoms with Gasteiger partial charge in [0.1, 0.15) is 5.82 Å². The average Bonchev–Trinajstić information content (AvgIpc) is 3.09. The van der Waals surface area contributed by atoms with Gasteiger partial charge in [-0.05, 0) is 43.2 Å². The van der Waals surface area contributed by atoms with Crippen molar-refractivity contribution < 1.29 is 32.7 Å². The Morgan fingerprint density at radius 2 is 1.84 bits per heavy atom. The number of fused-ring (bicyclic) bond motifs is 2. The van der Waals surface area contributed by atoms with Crippen LogP contribution in [-0.4, -0.2) is 51.4 Å². The van der Waals surface area contributed by atoms with Gasteiger partial charge < -0.3 is 20.6 Å². The monoisotopic (exact) mass is 521 g/mol. The predicted octanol–water partition coefficient (Wildman–Crippen LogP) is 1.50. The van der Waals surface area contributed by atoms with Crippen LogP contribution in [0.4, 0.5) is 13.2 Å². The number of aromatic nitrogens is 2. The molecule has 1 aromatic carbocycles. The molecule has 3 amide bonds. The molecule has 0 radical (unpaired) electrons. The summed E-state index contributed by atoms with van der Waals surface area (Å²) < 4.78 is 41.1. The van der Waals surface area contributed by atoms with Crippen LogP contribution in [0.25, 0.3) is 0 Å². The van der Waals surface area contributed by atoms with E-state index in [1.54, 1.807) is 0 Å². The summed E-state index contributed by atoms with van der Waals surface area (Å²) in [6, 6.07) is 4.69. The molecule has 5 rings (SSSR count). The van der Waals surface area contributed by atoms with Crippen molar-refractivity contribution in [2.24, 2.45) is 5.92 Å². The number of likely N-dealkylation sites (N-methyl/N-ethyl adjacent to an activating group) is 1. The number of nitrogens with one attached hydrogen (secondary N) is 2. The molecule has 0 spiro atoms. The first-order valence-electron chi connectivity index (χ1n) is 11.7. The number of halogens is 3. The predicted molar refractivity (Wildman–Crippen MR) is 123 cm³/mol. The van der Waals surface area contributed by atoms with E-state index in [4.69, 9.17) is 0 Å². The third kappa shape index (κ3) is 4.89. The molecule has 198 valence electrons. The third-order valence-electron chi connectivity index (χ3n) is 6.90. The Kier molecular flexibility index (Phi) is 6.74. The summed E-state index contributed by atoms with van der Waals surface area (Å²) in [5.74, 6) is -3.63. The lowest BCUT2D eigenvalue weighted by Gasteiger charge is -2.37. The average molecular weight is 521 g/mol. The van der Waals surface area contributed by atoms with Crippen molar-refractivity contribution in [3.63, 3.8) is 0 Å². The first kappa shape index (κ1) is 26.2. The molecule has 1 fully saturated rings. The lowest BCUT2D eigenvalue weighted by Crippen LogP contribution is -2.53. The highest BCUT2D eigenvalue weighted by Crippen LogP contribution is 2.43. The topological polar surface area (TPSA) is 134 Å². The van der Waals surface area contributed by atoms with Crippen molar-refractivity contribution in [1.29, 1.82) is 0 Å². The van der Waals surface area contributed by atoms with E-state index < -0.39 is 58.5 Å². The number of carbonyl (C=O) groups is 3. The minimum absolute atomic E-state index is 0.0241. The molecule has 1 aliphatic carbocycles. The van der Waals surface area contributed by atoms with E-state index in [1.807, 2.05) is 0 Å². The first-order valence-corrected chi connectivity index (χ1v) is 11.7. The summed E-state index contributed by atoms with van der Waals surface area (Å²) in [5.41, 5.74) is -3.95. The number of amides is 3. The zero-order chi connectivity index (χ0) is 27.1. The van der Waals surface area contributed by atoms with E-state index in [0.29, 0.717) is 25.7 Å². The van der Waals surface area contributed by atoms with Crippen molar-refractivity contribution >= 4 is 17.7 Å².